The Hall–Kier alpha value is -2.16. The van der Waals surface area contributed by atoms with Crippen molar-refractivity contribution in [2.24, 2.45) is 0 Å². The zero-order valence-corrected chi connectivity index (χ0v) is 16.9. The predicted octanol–water partition coefficient (Wildman–Crippen LogP) is 1.87. The van der Waals surface area contributed by atoms with Gasteiger partial charge in [-0.25, -0.2) is 4.98 Å². The maximum Gasteiger partial charge on any atom is 0.289 e. The molecule has 2 aromatic rings. The van der Waals surface area contributed by atoms with Crippen LogP contribution in [0.5, 0.6) is 0 Å². The minimum atomic E-state index is -0.0178. The Morgan fingerprint density at radius 1 is 1.14 bits per heavy atom. The zero-order chi connectivity index (χ0) is 19.9. The summed E-state index contributed by atoms with van der Waals surface area (Å²) in [6, 6.07) is 3.88. The van der Waals surface area contributed by atoms with Crippen LogP contribution in [0.4, 0.5) is 0 Å². The number of ether oxygens (including phenoxy) is 2. The predicted molar refractivity (Wildman–Crippen MR) is 107 cm³/mol. The van der Waals surface area contributed by atoms with E-state index < -0.39 is 0 Å². The molecule has 29 heavy (non-hydrogen) atoms. The quantitative estimate of drug-likeness (QED) is 0.671. The summed E-state index contributed by atoms with van der Waals surface area (Å²) in [6.45, 7) is 7.26. The van der Waals surface area contributed by atoms with E-state index in [1.54, 1.807) is 18.6 Å². The number of furan rings is 1. The minimum absolute atomic E-state index is 0.0178. The van der Waals surface area contributed by atoms with Gasteiger partial charge in [-0.05, 0) is 31.4 Å². The second kappa shape index (κ2) is 10.0. The van der Waals surface area contributed by atoms with Gasteiger partial charge in [0.2, 0.25) is 0 Å². The maximum absolute atomic E-state index is 13.3. The van der Waals surface area contributed by atoms with Crippen LogP contribution in [0.2, 0.25) is 0 Å². The van der Waals surface area contributed by atoms with Gasteiger partial charge in [0.1, 0.15) is 5.76 Å². The fourth-order valence-electron chi connectivity index (χ4n) is 4.02. The van der Waals surface area contributed by atoms with E-state index in [1.807, 2.05) is 21.7 Å². The van der Waals surface area contributed by atoms with Crippen LogP contribution in [-0.2, 0) is 16.0 Å². The van der Waals surface area contributed by atoms with Gasteiger partial charge in [0, 0.05) is 57.8 Å². The van der Waals surface area contributed by atoms with E-state index >= 15 is 0 Å². The summed E-state index contributed by atoms with van der Waals surface area (Å²) >= 11 is 0. The lowest BCUT2D eigenvalue weighted by Gasteiger charge is -2.35. The van der Waals surface area contributed by atoms with E-state index in [2.05, 4.69) is 9.88 Å². The molecule has 0 radical (unpaired) electrons. The van der Waals surface area contributed by atoms with Crippen molar-refractivity contribution >= 4 is 5.91 Å². The highest BCUT2D eigenvalue weighted by molar-refractivity contribution is 5.91. The molecular weight excluding hydrogens is 372 g/mol. The van der Waals surface area contributed by atoms with Crippen molar-refractivity contribution in [3.8, 4) is 0 Å². The fourth-order valence-corrected chi connectivity index (χ4v) is 4.02. The molecule has 0 saturated carbocycles. The molecule has 158 valence electrons. The standard InChI is InChI=1S/C21H30N4O4/c26-21(20-3-2-19(29-20)16-24-9-6-22-17-24)25(18-4-12-27-13-5-18)8-1-7-23-10-14-28-15-11-23/h2-3,6,9,17-18H,1,4-5,7-8,10-16H2. The molecule has 0 aromatic carbocycles. The largest absolute Gasteiger partial charge is 0.454 e. The van der Waals surface area contributed by atoms with Crippen LogP contribution in [0.3, 0.4) is 0 Å². The van der Waals surface area contributed by atoms with Crippen molar-refractivity contribution in [3.05, 3.63) is 42.4 Å². The third-order valence-corrected chi connectivity index (χ3v) is 5.64. The molecule has 2 fully saturated rings. The molecule has 2 saturated heterocycles. The third kappa shape index (κ3) is 5.46. The van der Waals surface area contributed by atoms with Crippen molar-refractivity contribution in [1.29, 1.82) is 0 Å². The van der Waals surface area contributed by atoms with Crippen LogP contribution in [-0.4, -0.2) is 83.9 Å². The zero-order valence-electron chi connectivity index (χ0n) is 16.9. The topological polar surface area (TPSA) is 73.0 Å². The molecular formula is C21H30N4O4. The smallest absolute Gasteiger partial charge is 0.289 e. The Labute approximate surface area is 171 Å². The molecule has 2 aliphatic rings. The van der Waals surface area contributed by atoms with E-state index in [-0.39, 0.29) is 11.9 Å². The van der Waals surface area contributed by atoms with Crippen molar-refractivity contribution in [2.75, 3.05) is 52.6 Å². The Balaban J connectivity index is 1.39. The lowest BCUT2D eigenvalue weighted by atomic mass is 10.1. The van der Waals surface area contributed by atoms with E-state index in [9.17, 15) is 4.79 Å². The number of nitrogens with zero attached hydrogens (tertiary/aromatic N) is 4. The first-order chi connectivity index (χ1) is 14.3. The maximum atomic E-state index is 13.3. The van der Waals surface area contributed by atoms with Crippen LogP contribution in [0.1, 0.15) is 35.6 Å². The summed E-state index contributed by atoms with van der Waals surface area (Å²) < 4.78 is 18.7. The summed E-state index contributed by atoms with van der Waals surface area (Å²) in [4.78, 5) is 21.7. The molecule has 4 rings (SSSR count). The molecule has 0 aliphatic carbocycles. The van der Waals surface area contributed by atoms with Crippen LogP contribution in [0.15, 0.2) is 35.3 Å². The molecule has 0 spiro atoms. The summed E-state index contributed by atoms with van der Waals surface area (Å²) in [5.74, 6) is 1.15. The lowest BCUT2D eigenvalue weighted by Crippen LogP contribution is -2.45. The van der Waals surface area contributed by atoms with Crippen molar-refractivity contribution < 1.29 is 18.7 Å². The van der Waals surface area contributed by atoms with Gasteiger partial charge in [0.15, 0.2) is 5.76 Å². The molecule has 0 N–H and O–H groups in total. The summed E-state index contributed by atoms with van der Waals surface area (Å²) in [5.41, 5.74) is 0. The van der Waals surface area contributed by atoms with Crippen LogP contribution in [0.25, 0.3) is 0 Å². The molecule has 0 bridgehead atoms. The van der Waals surface area contributed by atoms with Crippen LogP contribution in [0, 0.1) is 0 Å². The van der Waals surface area contributed by atoms with Crippen LogP contribution < -0.4 is 0 Å². The Morgan fingerprint density at radius 3 is 2.69 bits per heavy atom. The third-order valence-electron chi connectivity index (χ3n) is 5.64. The number of morpholine rings is 1. The van der Waals surface area contributed by atoms with Gasteiger partial charge in [-0.3, -0.25) is 9.69 Å². The van der Waals surface area contributed by atoms with Crippen LogP contribution >= 0.6 is 0 Å². The Morgan fingerprint density at radius 2 is 1.93 bits per heavy atom. The average Bonchev–Trinajstić information content (AvgIpc) is 3.45. The highest BCUT2D eigenvalue weighted by atomic mass is 16.5. The van der Waals surface area contributed by atoms with E-state index in [4.69, 9.17) is 13.9 Å². The fraction of sp³-hybridized carbons (Fsp3) is 0.619. The molecule has 1 amide bonds. The molecule has 4 heterocycles. The number of imidazole rings is 1. The molecule has 2 aliphatic heterocycles. The molecule has 0 unspecified atom stereocenters. The van der Waals surface area contributed by atoms with Gasteiger partial charge in [-0.1, -0.05) is 0 Å². The van der Waals surface area contributed by atoms with Crippen molar-refractivity contribution in [3.63, 3.8) is 0 Å². The van der Waals surface area contributed by atoms with Gasteiger partial charge in [0.05, 0.1) is 26.1 Å². The average molecular weight is 402 g/mol. The Kier molecular flexibility index (Phi) is 6.97. The number of rotatable bonds is 8. The van der Waals surface area contributed by atoms with E-state index in [0.717, 1.165) is 64.4 Å². The first-order valence-corrected chi connectivity index (χ1v) is 10.5. The van der Waals surface area contributed by atoms with Gasteiger partial charge in [0.25, 0.3) is 5.91 Å². The monoisotopic (exact) mass is 402 g/mol. The normalized spacial score (nSPS) is 18.8. The summed E-state index contributed by atoms with van der Waals surface area (Å²) in [6.07, 6.45) is 8.06. The number of amides is 1. The van der Waals surface area contributed by atoms with Gasteiger partial charge in [-0.15, -0.1) is 0 Å². The highest BCUT2D eigenvalue weighted by Crippen LogP contribution is 2.20. The summed E-state index contributed by atoms with van der Waals surface area (Å²) in [7, 11) is 0. The van der Waals surface area contributed by atoms with Crippen molar-refractivity contribution in [2.45, 2.75) is 31.8 Å². The van der Waals surface area contributed by atoms with Gasteiger partial charge in [-0.2, -0.15) is 0 Å². The number of carbonyl (C=O) groups excluding carboxylic acids is 1. The first kappa shape index (κ1) is 20.1. The minimum Gasteiger partial charge on any atom is -0.454 e. The number of carbonyl (C=O) groups is 1. The Bertz CT molecular complexity index is 749. The van der Waals surface area contributed by atoms with E-state index in [1.165, 1.54) is 0 Å². The number of hydrogen-bond acceptors (Lipinski definition) is 6. The van der Waals surface area contributed by atoms with Gasteiger partial charge < -0.3 is 23.4 Å². The number of hydrogen-bond donors (Lipinski definition) is 0. The summed E-state index contributed by atoms with van der Waals surface area (Å²) in [5, 5.41) is 0. The second-order valence-electron chi connectivity index (χ2n) is 7.65. The molecule has 8 heteroatoms. The number of aromatic nitrogens is 2. The lowest BCUT2D eigenvalue weighted by molar-refractivity contribution is 0.0209. The molecule has 8 nitrogen and oxygen atoms in total. The molecule has 0 atom stereocenters. The molecule has 2 aromatic heterocycles. The second-order valence-corrected chi connectivity index (χ2v) is 7.65. The van der Waals surface area contributed by atoms with E-state index in [0.29, 0.717) is 25.5 Å². The van der Waals surface area contributed by atoms with Gasteiger partial charge >= 0.3 is 0 Å². The first-order valence-electron chi connectivity index (χ1n) is 10.5. The van der Waals surface area contributed by atoms with Crippen molar-refractivity contribution in [1.82, 2.24) is 19.4 Å². The highest BCUT2D eigenvalue weighted by Gasteiger charge is 2.28. The SMILES string of the molecule is O=C(c1ccc(Cn2ccnc2)o1)N(CCCN1CCOCC1)C1CCOCC1.